The first-order chi connectivity index (χ1) is 13.6. The lowest BCUT2D eigenvalue weighted by atomic mass is 10.1. The van der Waals surface area contributed by atoms with E-state index in [1.165, 1.54) is 24.9 Å². The molecule has 1 aliphatic rings. The number of hydrogen-bond donors (Lipinski definition) is 2. The van der Waals surface area contributed by atoms with Crippen molar-refractivity contribution >= 4 is 38.8 Å². The Kier molecular flexibility index (Phi) is 5.35. The van der Waals surface area contributed by atoms with Crippen LogP contribution in [0.5, 0.6) is 0 Å². The highest BCUT2D eigenvalue weighted by atomic mass is 79.9. The molecule has 1 atom stereocenters. The number of carboxylic acid groups (broad SMARTS) is 1. The molecule has 2 N–H and O–H groups in total. The Balaban J connectivity index is 1.71. The van der Waals surface area contributed by atoms with Crippen molar-refractivity contribution in [3.63, 3.8) is 0 Å². The van der Waals surface area contributed by atoms with Crippen LogP contribution in [0.4, 0.5) is 5.82 Å². The quantitative estimate of drug-likeness (QED) is 0.544. The molecule has 0 aliphatic heterocycles. The molecular weight excluding hydrogens is 420 g/mol. The Bertz CT molecular complexity index is 999. The normalized spacial score (nSPS) is 14.9. The van der Waals surface area contributed by atoms with Gasteiger partial charge >= 0.3 is 5.97 Å². The van der Waals surface area contributed by atoms with Crippen LogP contribution >= 0.6 is 15.9 Å². The minimum absolute atomic E-state index is 0.378. The Morgan fingerprint density at radius 2 is 2.07 bits per heavy atom. The Labute approximate surface area is 172 Å². The molecule has 28 heavy (non-hydrogen) atoms. The predicted molar refractivity (Wildman–Crippen MR) is 113 cm³/mol. The molecule has 146 valence electrons. The number of halogens is 1. The summed E-state index contributed by atoms with van der Waals surface area (Å²) in [5.74, 6) is 0.369. The van der Waals surface area contributed by atoms with Gasteiger partial charge in [-0.1, -0.05) is 37.3 Å². The van der Waals surface area contributed by atoms with E-state index in [1.807, 2.05) is 30.3 Å². The number of rotatable bonds is 8. The number of anilines is 1. The molecule has 0 bridgehead atoms. The number of carbonyl (C=O) groups is 1. The molecule has 3 aromatic rings. The zero-order valence-corrected chi connectivity index (χ0v) is 17.3. The highest BCUT2D eigenvalue weighted by molar-refractivity contribution is 9.10. The van der Waals surface area contributed by atoms with Crippen LogP contribution in [0.2, 0.25) is 0 Å². The molecule has 4 rings (SSSR count). The van der Waals surface area contributed by atoms with E-state index in [0.29, 0.717) is 18.2 Å². The van der Waals surface area contributed by atoms with Crippen molar-refractivity contribution in [2.24, 2.45) is 5.92 Å². The molecule has 2 aromatic heterocycles. The van der Waals surface area contributed by atoms with Gasteiger partial charge < -0.3 is 15.0 Å². The first-order valence-corrected chi connectivity index (χ1v) is 10.4. The molecule has 1 aromatic carbocycles. The maximum absolute atomic E-state index is 11.9. The van der Waals surface area contributed by atoms with Crippen LogP contribution in [0.1, 0.15) is 31.0 Å². The number of fused-ring (bicyclic) bond motifs is 1. The fourth-order valence-electron chi connectivity index (χ4n) is 3.60. The first-order valence-electron chi connectivity index (χ1n) is 9.63. The maximum Gasteiger partial charge on any atom is 0.326 e. The summed E-state index contributed by atoms with van der Waals surface area (Å²) in [6.07, 6.45) is 5.28. The fourth-order valence-corrected chi connectivity index (χ4v) is 4.46. The first kappa shape index (κ1) is 18.9. The number of aromatic nitrogens is 3. The van der Waals surface area contributed by atoms with Gasteiger partial charge in [-0.05, 0) is 46.7 Å². The second-order valence-corrected chi connectivity index (χ2v) is 8.11. The standard InChI is InChI=1S/C21H23BrN4O2/c1-2-16-18(22)17-19(23-12-24-20(17)26(16)11-14-8-9-14)25-15(21(27)28)10-13-6-4-3-5-7-13/h3-7,12,14-15H,2,8-11H2,1H3,(H,27,28)(H,23,24,25). The van der Waals surface area contributed by atoms with Gasteiger partial charge in [0.1, 0.15) is 23.8 Å². The van der Waals surface area contributed by atoms with Crippen molar-refractivity contribution in [3.05, 3.63) is 52.4 Å². The molecule has 7 heteroatoms. The van der Waals surface area contributed by atoms with Gasteiger partial charge in [-0.2, -0.15) is 0 Å². The average molecular weight is 443 g/mol. The van der Waals surface area contributed by atoms with Crippen LogP contribution in [0.15, 0.2) is 41.1 Å². The summed E-state index contributed by atoms with van der Waals surface area (Å²) in [7, 11) is 0. The monoisotopic (exact) mass is 442 g/mol. The molecule has 1 fully saturated rings. The molecule has 1 unspecified atom stereocenters. The van der Waals surface area contributed by atoms with E-state index in [0.717, 1.165) is 34.0 Å². The second-order valence-electron chi connectivity index (χ2n) is 7.31. The SMILES string of the molecule is CCc1c(Br)c2c(NC(Cc3ccccc3)C(=O)O)ncnc2n1CC1CC1. The lowest BCUT2D eigenvalue weighted by Gasteiger charge is -2.16. The number of carboxylic acids is 1. The van der Waals surface area contributed by atoms with Crippen LogP contribution < -0.4 is 5.32 Å². The Morgan fingerprint density at radius 1 is 1.32 bits per heavy atom. The smallest absolute Gasteiger partial charge is 0.326 e. The number of nitrogens with one attached hydrogen (secondary N) is 1. The van der Waals surface area contributed by atoms with Crippen LogP contribution in [0.25, 0.3) is 11.0 Å². The minimum atomic E-state index is -0.903. The van der Waals surface area contributed by atoms with E-state index in [4.69, 9.17) is 0 Å². The largest absolute Gasteiger partial charge is 0.480 e. The highest BCUT2D eigenvalue weighted by Crippen LogP contribution is 2.38. The van der Waals surface area contributed by atoms with Crippen molar-refractivity contribution in [1.29, 1.82) is 0 Å². The maximum atomic E-state index is 11.9. The third kappa shape index (κ3) is 3.76. The van der Waals surface area contributed by atoms with Crippen molar-refractivity contribution in [2.75, 3.05) is 5.32 Å². The van der Waals surface area contributed by atoms with Crippen molar-refractivity contribution in [1.82, 2.24) is 14.5 Å². The van der Waals surface area contributed by atoms with E-state index in [2.05, 4.69) is 42.7 Å². The number of aliphatic carboxylic acids is 1. The van der Waals surface area contributed by atoms with E-state index in [-0.39, 0.29) is 0 Å². The van der Waals surface area contributed by atoms with Crippen LogP contribution in [0.3, 0.4) is 0 Å². The summed E-state index contributed by atoms with van der Waals surface area (Å²) in [6, 6.07) is 8.85. The number of hydrogen-bond acceptors (Lipinski definition) is 4. The van der Waals surface area contributed by atoms with Gasteiger partial charge in [-0.3, -0.25) is 0 Å². The van der Waals surface area contributed by atoms with E-state index < -0.39 is 12.0 Å². The molecule has 0 radical (unpaired) electrons. The van der Waals surface area contributed by atoms with Crippen LogP contribution in [-0.4, -0.2) is 31.7 Å². The minimum Gasteiger partial charge on any atom is -0.480 e. The molecule has 0 spiro atoms. The summed E-state index contributed by atoms with van der Waals surface area (Å²) in [4.78, 5) is 20.8. The average Bonchev–Trinajstić information content (AvgIpc) is 3.47. The zero-order valence-electron chi connectivity index (χ0n) is 15.7. The molecule has 0 amide bonds. The topological polar surface area (TPSA) is 80.0 Å². The van der Waals surface area contributed by atoms with Gasteiger partial charge in [0, 0.05) is 18.7 Å². The zero-order chi connectivity index (χ0) is 19.7. The summed E-state index contributed by atoms with van der Waals surface area (Å²) in [5, 5.41) is 13.8. The van der Waals surface area contributed by atoms with Gasteiger partial charge in [0.05, 0.1) is 9.86 Å². The van der Waals surface area contributed by atoms with Crippen molar-refractivity contribution in [3.8, 4) is 0 Å². The summed E-state index contributed by atoms with van der Waals surface area (Å²) >= 11 is 3.73. The lowest BCUT2D eigenvalue weighted by molar-refractivity contribution is -0.137. The number of nitrogens with zero attached hydrogens (tertiary/aromatic N) is 3. The fraction of sp³-hybridized carbons (Fsp3) is 0.381. The van der Waals surface area contributed by atoms with Crippen molar-refractivity contribution < 1.29 is 9.90 Å². The number of benzene rings is 1. The summed E-state index contributed by atoms with van der Waals surface area (Å²) in [5.41, 5.74) is 3.00. The predicted octanol–water partition coefficient (Wildman–Crippen LogP) is 4.27. The third-order valence-corrected chi connectivity index (χ3v) is 6.10. The molecule has 1 aliphatic carbocycles. The Morgan fingerprint density at radius 3 is 2.71 bits per heavy atom. The van der Waals surface area contributed by atoms with E-state index >= 15 is 0 Å². The van der Waals surface area contributed by atoms with E-state index in [9.17, 15) is 9.90 Å². The molecular formula is C21H23BrN4O2. The van der Waals surface area contributed by atoms with Crippen molar-refractivity contribution in [2.45, 2.75) is 45.2 Å². The third-order valence-electron chi connectivity index (χ3n) is 5.25. The second kappa shape index (κ2) is 7.91. The van der Waals surface area contributed by atoms with Gasteiger partial charge in [0.15, 0.2) is 0 Å². The molecule has 6 nitrogen and oxygen atoms in total. The summed E-state index contributed by atoms with van der Waals surface area (Å²) in [6.45, 7) is 3.08. The molecule has 1 saturated carbocycles. The molecule has 2 heterocycles. The molecule has 0 saturated heterocycles. The Hall–Kier alpha value is -2.41. The highest BCUT2D eigenvalue weighted by Gasteiger charge is 2.27. The lowest BCUT2D eigenvalue weighted by Crippen LogP contribution is -2.32. The van der Waals surface area contributed by atoms with Gasteiger partial charge in [-0.25, -0.2) is 14.8 Å². The van der Waals surface area contributed by atoms with Gasteiger partial charge in [-0.15, -0.1) is 0 Å². The van der Waals surface area contributed by atoms with Gasteiger partial charge in [0.2, 0.25) is 0 Å². The van der Waals surface area contributed by atoms with E-state index in [1.54, 1.807) is 0 Å². The van der Waals surface area contributed by atoms with Crippen LogP contribution in [-0.2, 0) is 24.2 Å². The van der Waals surface area contributed by atoms with Gasteiger partial charge in [0.25, 0.3) is 0 Å². The van der Waals surface area contributed by atoms with Crippen LogP contribution in [0, 0.1) is 5.92 Å². The summed E-state index contributed by atoms with van der Waals surface area (Å²) < 4.78 is 3.22.